The third-order valence-electron chi connectivity index (χ3n) is 18.3. The average molecular weight is 1040 g/mol. The molecule has 15 nitrogen and oxygen atoms in total. The molecule has 0 radical (unpaired) electrons. The molecule has 7 heterocycles. The minimum Gasteiger partial charge on any atom is -0.389 e. The van der Waals surface area contributed by atoms with Crippen LogP contribution >= 0.6 is 0 Å². The van der Waals surface area contributed by atoms with Gasteiger partial charge in [0.1, 0.15) is 11.4 Å². The van der Waals surface area contributed by atoms with Crippen LogP contribution in [0.15, 0.2) is 0 Å². The zero-order valence-corrected chi connectivity index (χ0v) is 50.5. The monoisotopic (exact) mass is 1030 g/mol. The minimum atomic E-state index is -0.680. The quantitative estimate of drug-likeness (QED) is 0.133. The van der Waals surface area contributed by atoms with Crippen LogP contribution in [0.3, 0.4) is 0 Å². The molecule has 426 valence electrons. The fourth-order valence-corrected chi connectivity index (χ4v) is 16.8. The van der Waals surface area contributed by atoms with Gasteiger partial charge in [-0.15, -0.1) is 0 Å². The molecule has 0 aliphatic carbocycles. The number of piperidine rings is 5. The van der Waals surface area contributed by atoms with Gasteiger partial charge in [0.2, 0.25) is 0 Å². The second kappa shape index (κ2) is 21.5. The lowest BCUT2D eigenvalue weighted by atomic mass is 9.77. The average Bonchev–Trinajstić information content (AvgIpc) is 3.77. The van der Waals surface area contributed by atoms with Crippen LogP contribution in [0.4, 0.5) is 0 Å². The molecule has 0 bridgehead atoms. The molecule has 0 aromatic heterocycles. The number of rotatable bonds is 19. The lowest BCUT2D eigenvalue weighted by Gasteiger charge is -2.58. The summed E-state index contributed by atoms with van der Waals surface area (Å²) < 4.78 is 35.0. The van der Waals surface area contributed by atoms with Crippen LogP contribution in [0, 0.1) is 0 Å². The number of nitrogens with zero attached hydrogens (tertiary/aromatic N) is 6. The van der Waals surface area contributed by atoms with Crippen LogP contribution in [0.5, 0.6) is 0 Å². The molecule has 0 amide bonds. The van der Waals surface area contributed by atoms with E-state index in [4.69, 9.17) is 38.2 Å². The van der Waals surface area contributed by atoms with E-state index >= 15 is 0 Å². The van der Waals surface area contributed by atoms with Crippen molar-refractivity contribution in [3.05, 3.63) is 0 Å². The smallest absolute Gasteiger partial charge is 0.121 e. The van der Waals surface area contributed by atoms with Crippen LogP contribution in [-0.4, -0.2) is 199 Å². The Morgan fingerprint density at radius 3 is 1.04 bits per heavy atom. The van der Waals surface area contributed by atoms with Crippen LogP contribution in [0.2, 0.25) is 0 Å². The van der Waals surface area contributed by atoms with Gasteiger partial charge in [0.25, 0.3) is 0 Å². The number of aliphatic hydroxyl groups excluding tert-OH is 1. The third kappa shape index (κ3) is 12.9. The summed E-state index contributed by atoms with van der Waals surface area (Å²) in [5.74, 6) is 0. The standard InChI is InChI=1S/C58H110N6O9/c1-22-69-62-51(8,9)29-44(30-52(62,10)11)66-38-43(65)35-59(41-25-49(4,5)60-36-47(72-57(60,20)27-41)39-67-45-31-53(12,13)63(70-23-2)54(14,15)32-45)42-26-50(6,7)61-37-48(73-58(61,21)28-42)40-68-46-33-55(16,17)64(71-24-3)56(18,19)34-46/h41-48,65H,22-40H2,1-21H3. The Kier molecular flexibility index (Phi) is 17.7. The summed E-state index contributed by atoms with van der Waals surface area (Å²) in [4.78, 5) is 26.5. The maximum Gasteiger partial charge on any atom is 0.121 e. The number of hydrogen-bond acceptors (Lipinski definition) is 15. The SMILES string of the molecule is CCON1C(C)(C)CC(OCC(O)CN(C2CC(C)(C)N3CC(COC4CC(C)(C)N(OCC)C(C)(C)C4)OC3(C)C2)C2CC(C)(C)N3CC(COC4CC(C)(C)N(OCC)C(C)(C)C4)OC3(C)C2)CC1(C)C. The van der Waals surface area contributed by atoms with Crippen LogP contribution in [0.1, 0.15) is 210 Å². The second-order valence-corrected chi connectivity index (χ2v) is 29.3. The van der Waals surface area contributed by atoms with Crippen molar-refractivity contribution < 1.29 is 43.3 Å². The lowest BCUT2D eigenvalue weighted by Crippen LogP contribution is -2.68. The molecule has 7 rings (SSSR count). The van der Waals surface area contributed by atoms with E-state index in [9.17, 15) is 5.11 Å². The molecule has 7 atom stereocenters. The molecule has 7 unspecified atom stereocenters. The summed E-state index contributed by atoms with van der Waals surface area (Å²) in [6, 6.07) is 0.293. The van der Waals surface area contributed by atoms with Crippen molar-refractivity contribution in [1.82, 2.24) is 29.9 Å². The van der Waals surface area contributed by atoms with Crippen molar-refractivity contribution in [3.63, 3.8) is 0 Å². The maximum absolute atomic E-state index is 12.3. The molecule has 7 fully saturated rings. The summed E-state index contributed by atoms with van der Waals surface area (Å²) in [5.41, 5.74) is -2.36. The van der Waals surface area contributed by atoms with Crippen LogP contribution < -0.4 is 0 Å². The van der Waals surface area contributed by atoms with Crippen molar-refractivity contribution in [1.29, 1.82) is 0 Å². The van der Waals surface area contributed by atoms with Gasteiger partial charge in [0, 0.05) is 88.9 Å². The molecule has 0 aromatic rings. The number of aliphatic hydroxyl groups is 1. The highest BCUT2D eigenvalue weighted by Gasteiger charge is 2.60. The first-order valence-corrected chi connectivity index (χ1v) is 29.0. The highest BCUT2D eigenvalue weighted by molar-refractivity contribution is 5.10. The number of ether oxygens (including phenoxy) is 5. The summed E-state index contributed by atoms with van der Waals surface area (Å²) in [5, 5.41) is 18.9. The van der Waals surface area contributed by atoms with Gasteiger partial charge in [-0.05, 0) is 197 Å². The van der Waals surface area contributed by atoms with E-state index in [1.807, 2.05) is 0 Å². The van der Waals surface area contributed by atoms with Gasteiger partial charge in [-0.1, -0.05) is 0 Å². The van der Waals surface area contributed by atoms with E-state index in [0.717, 1.165) is 77.3 Å². The third-order valence-corrected chi connectivity index (χ3v) is 18.3. The first kappa shape index (κ1) is 60.0. The zero-order chi connectivity index (χ0) is 54.2. The molecule has 0 aromatic carbocycles. The van der Waals surface area contributed by atoms with Crippen molar-refractivity contribution in [2.24, 2.45) is 0 Å². The molecule has 7 saturated heterocycles. The molecular formula is C58H110N6O9. The van der Waals surface area contributed by atoms with E-state index in [2.05, 4.69) is 175 Å². The molecule has 73 heavy (non-hydrogen) atoms. The van der Waals surface area contributed by atoms with Gasteiger partial charge < -0.3 is 28.8 Å². The van der Waals surface area contributed by atoms with E-state index < -0.39 is 17.6 Å². The molecule has 1 N–H and O–H groups in total. The van der Waals surface area contributed by atoms with E-state index in [1.54, 1.807) is 0 Å². The van der Waals surface area contributed by atoms with Gasteiger partial charge >= 0.3 is 0 Å². The van der Waals surface area contributed by atoms with Gasteiger partial charge in [0.15, 0.2) is 0 Å². The van der Waals surface area contributed by atoms with Crippen molar-refractivity contribution >= 4 is 0 Å². The molecular weight excluding hydrogens is 925 g/mol. The molecule has 15 heteroatoms. The fourth-order valence-electron chi connectivity index (χ4n) is 16.8. The van der Waals surface area contributed by atoms with E-state index in [1.165, 1.54) is 0 Å². The predicted molar refractivity (Wildman–Crippen MR) is 289 cm³/mol. The summed E-state index contributed by atoms with van der Waals surface area (Å²) >= 11 is 0. The van der Waals surface area contributed by atoms with Gasteiger partial charge in [-0.25, -0.2) is 0 Å². The Hall–Kier alpha value is -0.600. The molecule has 7 aliphatic rings. The highest BCUT2D eigenvalue weighted by atomic mass is 16.7. The Labute approximate surface area is 445 Å². The normalized spacial score (nSPS) is 36.4. The summed E-state index contributed by atoms with van der Waals surface area (Å²) in [6.45, 7) is 53.0. The van der Waals surface area contributed by atoms with Crippen molar-refractivity contribution in [2.45, 2.75) is 314 Å². The van der Waals surface area contributed by atoms with E-state index in [-0.39, 0.29) is 93.5 Å². The molecule has 0 saturated carbocycles. The first-order chi connectivity index (χ1) is 33.5. The number of fused-ring (bicyclic) bond motifs is 2. The maximum atomic E-state index is 12.3. The topological polar surface area (TPSA) is 114 Å². The van der Waals surface area contributed by atoms with Crippen LogP contribution in [0.25, 0.3) is 0 Å². The first-order valence-electron chi connectivity index (χ1n) is 29.0. The summed E-state index contributed by atoms with van der Waals surface area (Å²) in [6.07, 6.45) is 8.28. The lowest BCUT2D eigenvalue weighted by molar-refractivity contribution is -0.293. The van der Waals surface area contributed by atoms with Crippen molar-refractivity contribution in [3.8, 4) is 0 Å². The largest absolute Gasteiger partial charge is 0.389 e. The van der Waals surface area contributed by atoms with Gasteiger partial charge in [-0.2, -0.15) is 15.2 Å². The second-order valence-electron chi connectivity index (χ2n) is 29.3. The Balaban J connectivity index is 1.08. The zero-order valence-electron chi connectivity index (χ0n) is 50.5. The van der Waals surface area contributed by atoms with E-state index in [0.29, 0.717) is 39.6 Å². The van der Waals surface area contributed by atoms with Crippen molar-refractivity contribution in [2.75, 3.05) is 59.3 Å². The molecule has 7 aliphatic heterocycles. The number of hydrogen-bond donors (Lipinski definition) is 1. The Bertz CT molecular complexity index is 1690. The molecule has 0 spiro atoms. The van der Waals surface area contributed by atoms with Gasteiger partial charge in [0.05, 0.1) is 76.3 Å². The predicted octanol–water partition coefficient (Wildman–Crippen LogP) is 9.33. The Morgan fingerprint density at radius 1 is 0.438 bits per heavy atom. The minimum absolute atomic E-state index is 0.00721. The number of hydroxylamine groups is 6. The highest BCUT2D eigenvalue weighted by Crippen LogP contribution is 2.51. The Morgan fingerprint density at radius 2 is 0.740 bits per heavy atom. The fraction of sp³-hybridized carbons (Fsp3) is 1.00. The van der Waals surface area contributed by atoms with Crippen LogP contribution in [-0.2, 0) is 38.2 Å². The van der Waals surface area contributed by atoms with Gasteiger partial charge in [-0.3, -0.25) is 29.2 Å². The summed E-state index contributed by atoms with van der Waals surface area (Å²) in [7, 11) is 0.